The molecular formula is C27H34F2N6O3. The van der Waals surface area contributed by atoms with Crippen molar-refractivity contribution in [1.29, 1.82) is 5.26 Å². The van der Waals surface area contributed by atoms with Gasteiger partial charge in [-0.2, -0.15) is 5.26 Å². The van der Waals surface area contributed by atoms with E-state index in [1.165, 1.54) is 4.90 Å². The van der Waals surface area contributed by atoms with Crippen LogP contribution in [-0.2, 0) is 14.4 Å². The van der Waals surface area contributed by atoms with Gasteiger partial charge in [-0.05, 0) is 56.6 Å². The van der Waals surface area contributed by atoms with Crippen LogP contribution in [0.4, 0.5) is 14.5 Å². The van der Waals surface area contributed by atoms with Crippen molar-refractivity contribution >= 4 is 23.4 Å². The van der Waals surface area contributed by atoms with E-state index in [9.17, 15) is 19.6 Å². The number of nitrogens with one attached hydrogen (secondary N) is 3. The average molecular weight is 529 g/mol. The lowest BCUT2D eigenvalue weighted by Gasteiger charge is -2.54. The number of aryl methyl sites for hydroxylation is 1. The first-order valence-electron chi connectivity index (χ1n) is 13.5. The molecule has 3 amide bonds. The number of nitrogens with zero attached hydrogens (tertiary/aromatic N) is 3. The molecule has 3 saturated heterocycles. The number of nitriles is 1. The molecule has 0 aromatic carbocycles. The summed E-state index contributed by atoms with van der Waals surface area (Å²) in [6.45, 7) is 2.39. The van der Waals surface area contributed by atoms with Crippen LogP contribution < -0.4 is 16.0 Å². The fourth-order valence-corrected chi connectivity index (χ4v) is 6.30. The van der Waals surface area contributed by atoms with Gasteiger partial charge in [0.25, 0.3) is 5.92 Å². The molecule has 4 heterocycles. The van der Waals surface area contributed by atoms with E-state index in [1.54, 1.807) is 12.4 Å². The number of carbonyl (C=O) groups is 3. The Morgan fingerprint density at radius 3 is 2.66 bits per heavy atom. The maximum atomic E-state index is 15.1. The first-order chi connectivity index (χ1) is 18.2. The number of piperidine rings is 2. The Morgan fingerprint density at radius 1 is 1.24 bits per heavy atom. The molecule has 38 heavy (non-hydrogen) atoms. The van der Waals surface area contributed by atoms with Crippen molar-refractivity contribution in [2.75, 3.05) is 11.9 Å². The second kappa shape index (κ2) is 10.5. The van der Waals surface area contributed by atoms with E-state index >= 15 is 8.78 Å². The molecule has 9 nitrogen and oxygen atoms in total. The lowest BCUT2D eigenvalue weighted by atomic mass is 9.71. The largest absolute Gasteiger partial charge is 0.372 e. The highest BCUT2D eigenvalue weighted by Gasteiger charge is 2.61. The maximum Gasteiger partial charge on any atom is 0.255 e. The van der Waals surface area contributed by atoms with Gasteiger partial charge in [0.15, 0.2) is 0 Å². The average Bonchev–Trinajstić information content (AvgIpc) is 3.61. The number of rotatable bonds is 9. The third-order valence-electron chi connectivity index (χ3n) is 8.39. The smallest absolute Gasteiger partial charge is 0.255 e. The molecule has 204 valence electrons. The minimum Gasteiger partial charge on any atom is -0.372 e. The number of aromatic nitrogens is 1. The van der Waals surface area contributed by atoms with Gasteiger partial charge < -0.3 is 20.9 Å². The highest BCUT2D eigenvalue weighted by atomic mass is 19.3. The number of halogens is 2. The molecule has 11 heteroatoms. The van der Waals surface area contributed by atoms with E-state index in [0.717, 1.165) is 18.4 Å². The first kappa shape index (κ1) is 26.3. The molecule has 3 aliphatic heterocycles. The molecule has 3 N–H and O–H groups in total. The highest BCUT2D eigenvalue weighted by Crippen LogP contribution is 2.49. The number of fused-ring (bicyclic) bond motifs is 3. The summed E-state index contributed by atoms with van der Waals surface area (Å²) in [5.74, 6) is -5.77. The maximum absolute atomic E-state index is 15.1. The van der Waals surface area contributed by atoms with Crippen molar-refractivity contribution in [3.63, 3.8) is 0 Å². The summed E-state index contributed by atoms with van der Waals surface area (Å²) in [4.78, 5) is 45.1. The lowest BCUT2D eigenvalue weighted by Crippen LogP contribution is -2.70. The standard InChI is InChI=1S/C27H34F2N6O3/c1-15-8-19(14-31-13-15)33-22(9-16-2-3-16)26(38)35-20-4-5-21(27(28,29)11-20)23(35)25(37)34-18(12-30)10-17-6-7-32-24(17)36/h8,13-14,16-18,20-23,33H,2-7,9-11H2,1H3,(H,32,36)(H,34,37)/t17-,18-,20-,21-,22-,23-/m1/s1. The quantitative estimate of drug-likeness (QED) is 0.452. The van der Waals surface area contributed by atoms with Crippen molar-refractivity contribution in [2.24, 2.45) is 17.8 Å². The summed E-state index contributed by atoms with van der Waals surface area (Å²) in [5.41, 5.74) is 1.58. The van der Waals surface area contributed by atoms with E-state index < -0.39 is 54.3 Å². The van der Waals surface area contributed by atoms with Gasteiger partial charge in [-0.25, -0.2) is 8.78 Å². The zero-order chi connectivity index (χ0) is 27.0. The second-order valence-corrected chi connectivity index (χ2v) is 11.3. The summed E-state index contributed by atoms with van der Waals surface area (Å²) < 4.78 is 30.2. The van der Waals surface area contributed by atoms with Crippen molar-refractivity contribution in [2.45, 2.75) is 88.4 Å². The predicted octanol–water partition coefficient (Wildman–Crippen LogP) is 2.52. The monoisotopic (exact) mass is 528 g/mol. The Hall–Kier alpha value is -3.29. The van der Waals surface area contributed by atoms with Gasteiger partial charge in [0.05, 0.1) is 17.7 Å². The number of amides is 3. The number of hydrogen-bond donors (Lipinski definition) is 3. The number of anilines is 1. The topological polar surface area (TPSA) is 127 Å². The SMILES string of the molecule is Cc1cncc(N[C@H](CC2CC2)C(=O)N2[C@@H]3CC[C@H]([C@@H]2C(=O)N[C@@H](C#N)C[C@H]2CCNC2=O)C(F)(F)C3)c1. The first-order valence-corrected chi connectivity index (χ1v) is 13.5. The molecule has 1 aromatic heterocycles. The van der Waals surface area contributed by atoms with Gasteiger partial charge in [-0.1, -0.05) is 12.8 Å². The van der Waals surface area contributed by atoms with Crippen molar-refractivity contribution in [1.82, 2.24) is 20.5 Å². The third-order valence-corrected chi connectivity index (χ3v) is 8.39. The van der Waals surface area contributed by atoms with Crippen LogP contribution in [0.2, 0.25) is 0 Å². The predicted molar refractivity (Wildman–Crippen MR) is 134 cm³/mol. The van der Waals surface area contributed by atoms with E-state index in [4.69, 9.17) is 0 Å². The molecule has 1 aromatic rings. The fraction of sp³-hybridized carbons (Fsp3) is 0.667. The number of hydrogen-bond acceptors (Lipinski definition) is 6. The van der Waals surface area contributed by atoms with Crippen LogP contribution in [0.3, 0.4) is 0 Å². The zero-order valence-corrected chi connectivity index (χ0v) is 21.5. The van der Waals surface area contributed by atoms with E-state index in [-0.39, 0.29) is 24.7 Å². The van der Waals surface area contributed by atoms with Crippen molar-refractivity contribution in [3.8, 4) is 6.07 Å². The van der Waals surface area contributed by atoms with Crippen LogP contribution in [0.5, 0.6) is 0 Å². The molecule has 2 bridgehead atoms. The summed E-state index contributed by atoms with van der Waals surface area (Å²) >= 11 is 0. The van der Waals surface area contributed by atoms with E-state index in [2.05, 4.69) is 20.9 Å². The molecule has 0 unspecified atom stereocenters. The van der Waals surface area contributed by atoms with Gasteiger partial charge in [-0.3, -0.25) is 19.4 Å². The van der Waals surface area contributed by atoms with Crippen LogP contribution in [0.1, 0.15) is 56.9 Å². The molecule has 6 rings (SSSR count). The lowest BCUT2D eigenvalue weighted by molar-refractivity contribution is -0.194. The van der Waals surface area contributed by atoms with Gasteiger partial charge >= 0.3 is 0 Å². The molecule has 0 radical (unpaired) electrons. The van der Waals surface area contributed by atoms with Crippen LogP contribution in [0.25, 0.3) is 0 Å². The molecule has 2 aliphatic carbocycles. The summed E-state index contributed by atoms with van der Waals surface area (Å²) in [6, 6.07) is 0.0408. The molecule has 5 aliphatic rings. The number of pyridine rings is 1. The highest BCUT2D eigenvalue weighted by molar-refractivity contribution is 5.92. The van der Waals surface area contributed by atoms with Crippen LogP contribution in [0, 0.1) is 36.0 Å². The molecule has 2 saturated carbocycles. The molecule has 6 atom stereocenters. The summed E-state index contributed by atoms with van der Waals surface area (Å²) in [5, 5.41) is 18.2. The Kier molecular flexibility index (Phi) is 7.25. The second-order valence-electron chi connectivity index (χ2n) is 11.3. The van der Waals surface area contributed by atoms with Gasteiger partial charge in [0.2, 0.25) is 17.7 Å². The normalized spacial score (nSPS) is 29.2. The minimum absolute atomic E-state index is 0.103. The zero-order valence-electron chi connectivity index (χ0n) is 21.5. The minimum atomic E-state index is -3.09. The Morgan fingerprint density at radius 2 is 2.03 bits per heavy atom. The van der Waals surface area contributed by atoms with Crippen LogP contribution in [-0.4, -0.2) is 64.2 Å². The van der Waals surface area contributed by atoms with E-state index in [1.807, 2.05) is 19.1 Å². The third kappa shape index (κ3) is 5.45. The Bertz CT molecular complexity index is 1140. The van der Waals surface area contributed by atoms with E-state index in [0.29, 0.717) is 37.4 Å². The summed E-state index contributed by atoms with van der Waals surface area (Å²) in [7, 11) is 0. The molecular weight excluding hydrogens is 494 g/mol. The van der Waals surface area contributed by atoms with Gasteiger partial charge in [0.1, 0.15) is 18.1 Å². The van der Waals surface area contributed by atoms with Gasteiger partial charge in [-0.15, -0.1) is 0 Å². The van der Waals surface area contributed by atoms with Gasteiger partial charge in [0, 0.05) is 37.3 Å². The Balaban J connectivity index is 1.38. The Labute approximate surface area is 220 Å². The van der Waals surface area contributed by atoms with Crippen LogP contribution in [0.15, 0.2) is 18.5 Å². The molecule has 5 fully saturated rings. The van der Waals surface area contributed by atoms with Crippen molar-refractivity contribution in [3.05, 3.63) is 24.0 Å². The number of carbonyl (C=O) groups excluding carboxylic acids is 3. The summed E-state index contributed by atoms with van der Waals surface area (Å²) in [6.07, 6.45) is 6.59. The van der Waals surface area contributed by atoms with Crippen molar-refractivity contribution < 1.29 is 23.2 Å². The molecule has 0 spiro atoms. The fourth-order valence-electron chi connectivity index (χ4n) is 6.30. The van der Waals surface area contributed by atoms with Crippen LogP contribution >= 0.6 is 0 Å². The number of alkyl halides is 2.